The van der Waals surface area contributed by atoms with Crippen molar-refractivity contribution in [2.24, 2.45) is 0 Å². The van der Waals surface area contributed by atoms with E-state index in [1.165, 1.54) is 6.07 Å². The zero-order valence-electron chi connectivity index (χ0n) is 14.2. The molecule has 1 unspecified atom stereocenters. The lowest BCUT2D eigenvalue weighted by Crippen LogP contribution is -2.06. The Bertz CT molecular complexity index is 1180. The molecule has 166 valence electrons. The van der Waals surface area contributed by atoms with Crippen LogP contribution in [-0.2, 0) is 24.1 Å². The van der Waals surface area contributed by atoms with Gasteiger partial charge in [-0.05, 0) is 29.0 Å². The summed E-state index contributed by atoms with van der Waals surface area (Å²) in [4.78, 5) is 14.5. The third-order valence-electron chi connectivity index (χ3n) is 3.32. The molecule has 0 saturated carbocycles. The predicted octanol–water partition coefficient (Wildman–Crippen LogP) is 4.94. The number of halogens is 3. The van der Waals surface area contributed by atoms with Gasteiger partial charge in [0, 0.05) is 4.90 Å². The number of aromatic nitrogens is 1. The highest BCUT2D eigenvalue weighted by atomic mass is 33.1. The van der Waals surface area contributed by atoms with Crippen molar-refractivity contribution in [1.29, 1.82) is 0 Å². The number of thiazole rings is 1. The second kappa shape index (κ2) is 10.4. The van der Waals surface area contributed by atoms with Gasteiger partial charge in [-0.3, -0.25) is 0 Å². The van der Waals surface area contributed by atoms with E-state index >= 15 is 0 Å². The fourth-order valence-electron chi connectivity index (χ4n) is 2.06. The zero-order chi connectivity index (χ0) is 22.7. The maximum atomic E-state index is 14.2. The lowest BCUT2D eigenvalue weighted by Gasteiger charge is -2.09. The van der Waals surface area contributed by atoms with Crippen molar-refractivity contribution in [3.63, 3.8) is 0 Å². The van der Waals surface area contributed by atoms with Crippen LogP contribution in [0, 0.1) is 17.5 Å². The maximum absolute atomic E-state index is 14.2. The number of carbonyl (C=O) groups is 1. The number of rotatable bonds is 9. The van der Waals surface area contributed by atoms with Crippen LogP contribution in [0.1, 0.15) is 10.4 Å². The fraction of sp³-hybridized carbons (Fsp3) is 0. The lowest BCUT2D eigenvalue weighted by atomic mass is 10.1. The van der Waals surface area contributed by atoms with Gasteiger partial charge in [0.1, 0.15) is 5.56 Å². The number of fused-ring (bicyclic) bond motifs is 1. The van der Waals surface area contributed by atoms with Gasteiger partial charge in [-0.1, -0.05) is 5.04 Å². The average molecular weight is 534 g/mol. The third kappa shape index (κ3) is 5.26. The van der Waals surface area contributed by atoms with Crippen LogP contribution in [0.4, 0.5) is 13.2 Å². The number of hydrogen-bond donors (Lipinski definition) is 3. The summed E-state index contributed by atoms with van der Waals surface area (Å²) in [7, 11) is 0.126. The van der Waals surface area contributed by atoms with Crippen LogP contribution in [0.2, 0.25) is 0 Å². The van der Waals surface area contributed by atoms with E-state index in [1.54, 1.807) is 12.1 Å². The van der Waals surface area contributed by atoms with E-state index in [-0.39, 0.29) is 26.2 Å². The molecular formula is C14H6F3NO8S5. The Hall–Kier alpha value is -1.57. The van der Waals surface area contributed by atoms with Crippen molar-refractivity contribution in [2.45, 2.75) is 14.1 Å². The van der Waals surface area contributed by atoms with Crippen LogP contribution < -0.4 is 0 Å². The Morgan fingerprint density at radius 3 is 2.61 bits per heavy atom. The fourth-order valence-corrected chi connectivity index (χ4v) is 6.39. The highest BCUT2D eigenvalue weighted by Gasteiger charge is 2.29. The summed E-state index contributed by atoms with van der Waals surface area (Å²) in [5.74, 6) is -9.17. The molecule has 1 aromatic heterocycles. The topological polar surface area (TPSA) is 135 Å². The predicted molar refractivity (Wildman–Crippen MR) is 106 cm³/mol. The molecule has 2 aromatic carbocycles. The smallest absolute Gasteiger partial charge is 0.342 e. The van der Waals surface area contributed by atoms with Crippen molar-refractivity contribution in [3.05, 3.63) is 41.2 Å². The van der Waals surface area contributed by atoms with Gasteiger partial charge < -0.3 is 10.2 Å². The summed E-state index contributed by atoms with van der Waals surface area (Å²) >= 11 is -0.324. The molecular weight excluding hydrogens is 527 g/mol. The maximum Gasteiger partial charge on any atom is 0.342 e. The van der Waals surface area contributed by atoms with Gasteiger partial charge in [0.25, 0.3) is 0 Å². The standard InChI is InChI=1S/C14H6F3NO8S5/c15-8-7(13(20)21)11(19)9(16)10(17)12(8)29-30-26-31(23)14-18-5-3-4(28-25-24-22)1-2-6(5)27-14/h1-3,19,22H,(H,20,21). The Labute approximate surface area is 188 Å². The van der Waals surface area contributed by atoms with Crippen molar-refractivity contribution >= 4 is 72.5 Å². The SMILES string of the molecule is O=C(O)c1c(O)c(F)c(F)c(SSOS(=O)c2nc3cc(SOOO)ccc3s2)c1F. The molecule has 0 aliphatic rings. The van der Waals surface area contributed by atoms with E-state index in [4.69, 9.17) is 14.0 Å². The Kier molecular flexibility index (Phi) is 8.05. The summed E-state index contributed by atoms with van der Waals surface area (Å²) in [6.45, 7) is 0. The number of nitrogens with zero attached hydrogens (tertiary/aromatic N) is 1. The van der Waals surface area contributed by atoms with E-state index in [0.717, 1.165) is 11.3 Å². The van der Waals surface area contributed by atoms with Crippen molar-refractivity contribution in [2.75, 3.05) is 0 Å². The van der Waals surface area contributed by atoms with Crippen LogP contribution >= 0.6 is 45.2 Å². The number of aromatic hydroxyl groups is 1. The molecule has 9 nitrogen and oxygen atoms in total. The first kappa shape index (κ1) is 24.1. The number of hydrogen-bond acceptors (Lipinski definition) is 12. The molecule has 3 rings (SSSR count). The highest BCUT2D eigenvalue weighted by Crippen LogP contribution is 2.42. The number of phenols is 1. The van der Waals surface area contributed by atoms with E-state index < -0.39 is 50.7 Å². The first-order chi connectivity index (χ1) is 14.7. The minimum absolute atomic E-state index is 0.00590. The molecule has 0 bridgehead atoms. The van der Waals surface area contributed by atoms with Gasteiger partial charge in [0.05, 0.1) is 38.2 Å². The number of aromatic carboxylic acids is 1. The lowest BCUT2D eigenvalue weighted by molar-refractivity contribution is -0.432. The monoisotopic (exact) mass is 533 g/mol. The number of carboxylic acid groups (broad SMARTS) is 1. The minimum Gasteiger partial charge on any atom is -0.504 e. The molecule has 17 heteroatoms. The first-order valence-corrected chi connectivity index (χ1v) is 12.1. The van der Waals surface area contributed by atoms with Gasteiger partial charge >= 0.3 is 5.97 Å². The molecule has 1 heterocycles. The summed E-state index contributed by atoms with van der Waals surface area (Å²) in [6, 6.07) is 4.76. The zero-order valence-corrected chi connectivity index (χ0v) is 18.3. The van der Waals surface area contributed by atoms with Crippen LogP contribution in [0.15, 0.2) is 32.3 Å². The molecule has 3 aromatic rings. The summed E-state index contributed by atoms with van der Waals surface area (Å²) in [5.41, 5.74) is -1.04. The largest absolute Gasteiger partial charge is 0.504 e. The Morgan fingerprint density at radius 1 is 1.19 bits per heavy atom. The molecule has 31 heavy (non-hydrogen) atoms. The molecule has 0 radical (unpaired) electrons. The molecule has 0 fully saturated rings. The van der Waals surface area contributed by atoms with Gasteiger partial charge in [0.15, 0.2) is 17.4 Å². The van der Waals surface area contributed by atoms with Gasteiger partial charge in [-0.2, -0.15) is 4.39 Å². The van der Waals surface area contributed by atoms with Crippen LogP contribution in [-0.4, -0.2) is 30.6 Å². The molecule has 1 atom stereocenters. The summed E-state index contributed by atoms with van der Waals surface area (Å²) < 4.78 is 63.8. The van der Waals surface area contributed by atoms with Crippen LogP contribution in [0.3, 0.4) is 0 Å². The summed E-state index contributed by atoms with van der Waals surface area (Å²) in [5, 5.41) is 29.8. The van der Waals surface area contributed by atoms with Crippen molar-refractivity contribution in [1.82, 2.24) is 4.98 Å². The second-order valence-corrected chi connectivity index (χ2v) is 10.2. The normalized spacial score (nSPS) is 12.4. The summed E-state index contributed by atoms with van der Waals surface area (Å²) in [6.07, 6.45) is 0. The van der Waals surface area contributed by atoms with Crippen molar-refractivity contribution in [3.8, 4) is 5.75 Å². The third-order valence-corrected chi connectivity index (χ3v) is 8.27. The van der Waals surface area contributed by atoms with E-state index in [9.17, 15) is 27.3 Å². The minimum atomic E-state index is -2.20. The van der Waals surface area contributed by atoms with Gasteiger partial charge in [-0.25, -0.2) is 31.7 Å². The molecule has 0 saturated heterocycles. The first-order valence-electron chi connectivity index (χ1n) is 7.36. The molecule has 0 amide bonds. The van der Waals surface area contributed by atoms with E-state index in [1.807, 2.05) is 0 Å². The molecule has 3 N–H and O–H groups in total. The van der Waals surface area contributed by atoms with Gasteiger partial charge in [0.2, 0.25) is 21.2 Å². The molecule has 0 aliphatic carbocycles. The highest BCUT2D eigenvalue weighted by molar-refractivity contribution is 8.75. The van der Waals surface area contributed by atoms with Crippen LogP contribution in [0.25, 0.3) is 10.2 Å². The number of carboxylic acids is 1. The number of benzene rings is 2. The Balaban J connectivity index is 1.72. The van der Waals surface area contributed by atoms with Gasteiger partial charge in [-0.15, -0.1) is 15.7 Å². The average Bonchev–Trinajstić information content (AvgIpc) is 3.16. The molecule has 0 aliphatic heterocycles. The second-order valence-electron chi connectivity index (χ2n) is 5.09. The quantitative estimate of drug-likeness (QED) is 0.113. The molecule has 0 spiro atoms. The van der Waals surface area contributed by atoms with Crippen molar-refractivity contribution < 1.29 is 50.6 Å². The van der Waals surface area contributed by atoms with E-state index in [2.05, 4.69) is 14.4 Å². The van der Waals surface area contributed by atoms with Crippen LogP contribution in [0.5, 0.6) is 5.75 Å². The Morgan fingerprint density at radius 2 is 1.94 bits per heavy atom. The van der Waals surface area contributed by atoms with E-state index in [0.29, 0.717) is 27.2 Å².